The fourth-order valence-corrected chi connectivity index (χ4v) is 1.08. The lowest BCUT2D eigenvalue weighted by Crippen LogP contribution is -2.04. The molecule has 1 heterocycles. The predicted octanol–water partition coefficient (Wildman–Crippen LogP) is 1.82. The Hall–Kier alpha value is -1.30. The SMILES string of the molecule is CCC(C#N)CCn1cccn1. The largest absolute Gasteiger partial charge is 0.273 e. The Morgan fingerprint density at radius 1 is 1.67 bits per heavy atom. The first-order chi connectivity index (χ1) is 5.86. The summed E-state index contributed by atoms with van der Waals surface area (Å²) in [5, 5.41) is 12.7. The van der Waals surface area contributed by atoms with Crippen molar-refractivity contribution in [3.63, 3.8) is 0 Å². The molecule has 0 aliphatic rings. The van der Waals surface area contributed by atoms with Crippen LogP contribution in [-0.4, -0.2) is 9.78 Å². The number of hydrogen-bond donors (Lipinski definition) is 0. The van der Waals surface area contributed by atoms with Gasteiger partial charge in [0.1, 0.15) is 0 Å². The molecule has 3 nitrogen and oxygen atoms in total. The second-order valence-corrected chi connectivity index (χ2v) is 2.79. The smallest absolute Gasteiger partial charge is 0.0656 e. The molecule has 64 valence electrons. The maximum Gasteiger partial charge on any atom is 0.0656 e. The average molecular weight is 163 g/mol. The Morgan fingerprint density at radius 3 is 3.00 bits per heavy atom. The van der Waals surface area contributed by atoms with Gasteiger partial charge in [0.15, 0.2) is 0 Å². The topological polar surface area (TPSA) is 41.6 Å². The molecule has 3 heteroatoms. The highest BCUT2D eigenvalue weighted by molar-refractivity contribution is 4.82. The molecule has 0 amide bonds. The van der Waals surface area contributed by atoms with Gasteiger partial charge in [-0.25, -0.2) is 0 Å². The first kappa shape index (κ1) is 8.79. The highest BCUT2D eigenvalue weighted by Gasteiger charge is 2.03. The average Bonchev–Trinajstić information content (AvgIpc) is 2.59. The van der Waals surface area contributed by atoms with E-state index in [1.54, 1.807) is 6.20 Å². The van der Waals surface area contributed by atoms with Gasteiger partial charge < -0.3 is 0 Å². The van der Waals surface area contributed by atoms with Gasteiger partial charge in [-0.05, 0) is 18.9 Å². The summed E-state index contributed by atoms with van der Waals surface area (Å²) in [5.41, 5.74) is 0. The molecule has 0 spiro atoms. The van der Waals surface area contributed by atoms with E-state index in [0.29, 0.717) is 0 Å². The molecular formula is C9H13N3. The fourth-order valence-electron chi connectivity index (χ4n) is 1.08. The molecule has 0 bridgehead atoms. The second-order valence-electron chi connectivity index (χ2n) is 2.79. The summed E-state index contributed by atoms with van der Waals surface area (Å²) in [7, 11) is 0. The Bertz CT molecular complexity index is 245. The van der Waals surface area contributed by atoms with Crippen LogP contribution in [0.25, 0.3) is 0 Å². The van der Waals surface area contributed by atoms with Crippen molar-refractivity contribution in [3.05, 3.63) is 18.5 Å². The second kappa shape index (κ2) is 4.55. The summed E-state index contributed by atoms with van der Waals surface area (Å²) in [5.74, 6) is 0.175. The Labute approximate surface area is 72.6 Å². The van der Waals surface area contributed by atoms with Crippen LogP contribution in [0.1, 0.15) is 19.8 Å². The third kappa shape index (κ3) is 2.39. The molecular weight excluding hydrogens is 150 g/mol. The van der Waals surface area contributed by atoms with Crippen LogP contribution >= 0.6 is 0 Å². The lowest BCUT2D eigenvalue weighted by atomic mass is 10.1. The number of aryl methyl sites for hydroxylation is 1. The van der Waals surface area contributed by atoms with E-state index in [1.807, 2.05) is 23.9 Å². The minimum absolute atomic E-state index is 0.175. The van der Waals surface area contributed by atoms with E-state index in [-0.39, 0.29) is 5.92 Å². The maximum atomic E-state index is 8.67. The van der Waals surface area contributed by atoms with Gasteiger partial charge in [0, 0.05) is 24.9 Å². The maximum absolute atomic E-state index is 8.67. The normalized spacial score (nSPS) is 12.3. The van der Waals surface area contributed by atoms with Gasteiger partial charge in [-0.15, -0.1) is 0 Å². The molecule has 0 saturated carbocycles. The highest BCUT2D eigenvalue weighted by atomic mass is 15.3. The fraction of sp³-hybridized carbons (Fsp3) is 0.556. The van der Waals surface area contributed by atoms with Gasteiger partial charge in [-0.2, -0.15) is 10.4 Å². The monoisotopic (exact) mass is 163 g/mol. The van der Waals surface area contributed by atoms with Gasteiger partial charge in [-0.1, -0.05) is 6.92 Å². The van der Waals surface area contributed by atoms with E-state index in [2.05, 4.69) is 11.2 Å². The number of nitriles is 1. The summed E-state index contributed by atoms with van der Waals surface area (Å²) in [6, 6.07) is 4.17. The Balaban J connectivity index is 2.31. The van der Waals surface area contributed by atoms with Crippen molar-refractivity contribution in [1.82, 2.24) is 9.78 Å². The molecule has 1 rings (SSSR count). The quantitative estimate of drug-likeness (QED) is 0.679. The van der Waals surface area contributed by atoms with Gasteiger partial charge in [0.05, 0.1) is 6.07 Å². The third-order valence-electron chi connectivity index (χ3n) is 1.94. The number of aromatic nitrogens is 2. The lowest BCUT2D eigenvalue weighted by Gasteiger charge is -2.04. The molecule has 0 fully saturated rings. The van der Waals surface area contributed by atoms with Gasteiger partial charge in [0.25, 0.3) is 0 Å². The van der Waals surface area contributed by atoms with Crippen LogP contribution in [-0.2, 0) is 6.54 Å². The number of rotatable bonds is 4. The third-order valence-corrected chi connectivity index (χ3v) is 1.94. The van der Waals surface area contributed by atoms with Crippen LogP contribution in [0.3, 0.4) is 0 Å². The summed E-state index contributed by atoms with van der Waals surface area (Å²) < 4.78 is 1.86. The lowest BCUT2D eigenvalue weighted by molar-refractivity contribution is 0.490. The summed E-state index contributed by atoms with van der Waals surface area (Å²) in [4.78, 5) is 0. The Kier molecular flexibility index (Phi) is 3.34. The molecule has 1 aromatic heterocycles. The van der Waals surface area contributed by atoms with Gasteiger partial charge in [0.2, 0.25) is 0 Å². The van der Waals surface area contributed by atoms with Crippen LogP contribution in [0, 0.1) is 17.2 Å². The summed E-state index contributed by atoms with van der Waals surface area (Å²) in [6.07, 6.45) is 5.50. The molecule has 1 atom stereocenters. The molecule has 0 aliphatic heterocycles. The van der Waals surface area contributed by atoms with Crippen LogP contribution in [0.15, 0.2) is 18.5 Å². The van der Waals surface area contributed by atoms with Crippen molar-refractivity contribution in [2.24, 2.45) is 5.92 Å². The number of hydrogen-bond acceptors (Lipinski definition) is 2. The molecule has 0 radical (unpaired) electrons. The minimum Gasteiger partial charge on any atom is -0.273 e. The summed E-state index contributed by atoms with van der Waals surface area (Å²) in [6.45, 7) is 2.88. The van der Waals surface area contributed by atoms with E-state index in [1.165, 1.54) is 0 Å². The molecule has 0 saturated heterocycles. The van der Waals surface area contributed by atoms with Crippen LogP contribution in [0.5, 0.6) is 0 Å². The van der Waals surface area contributed by atoms with E-state index in [4.69, 9.17) is 5.26 Å². The van der Waals surface area contributed by atoms with Gasteiger partial charge >= 0.3 is 0 Å². The zero-order valence-electron chi connectivity index (χ0n) is 7.27. The molecule has 0 N–H and O–H groups in total. The predicted molar refractivity (Wildman–Crippen MR) is 46.2 cm³/mol. The van der Waals surface area contributed by atoms with Crippen LogP contribution in [0.4, 0.5) is 0 Å². The molecule has 1 unspecified atom stereocenters. The van der Waals surface area contributed by atoms with Gasteiger partial charge in [-0.3, -0.25) is 4.68 Å². The zero-order chi connectivity index (χ0) is 8.81. The number of nitrogens with zero attached hydrogens (tertiary/aromatic N) is 3. The Morgan fingerprint density at radius 2 is 2.50 bits per heavy atom. The van der Waals surface area contributed by atoms with Crippen molar-refractivity contribution in [2.45, 2.75) is 26.3 Å². The first-order valence-corrected chi connectivity index (χ1v) is 4.24. The van der Waals surface area contributed by atoms with Crippen molar-refractivity contribution in [2.75, 3.05) is 0 Å². The van der Waals surface area contributed by atoms with E-state index in [9.17, 15) is 0 Å². The molecule has 12 heavy (non-hydrogen) atoms. The summed E-state index contributed by atoms with van der Waals surface area (Å²) >= 11 is 0. The molecule has 0 aromatic carbocycles. The zero-order valence-corrected chi connectivity index (χ0v) is 7.27. The minimum atomic E-state index is 0.175. The van der Waals surface area contributed by atoms with Crippen molar-refractivity contribution >= 4 is 0 Å². The molecule has 0 aliphatic carbocycles. The van der Waals surface area contributed by atoms with E-state index >= 15 is 0 Å². The van der Waals surface area contributed by atoms with Crippen LogP contribution < -0.4 is 0 Å². The van der Waals surface area contributed by atoms with Crippen LogP contribution in [0.2, 0.25) is 0 Å². The standard InChI is InChI=1S/C9H13N3/c1-2-9(8-10)4-7-12-6-3-5-11-12/h3,5-6,9H,2,4,7H2,1H3. The molecule has 1 aromatic rings. The highest BCUT2D eigenvalue weighted by Crippen LogP contribution is 2.07. The van der Waals surface area contributed by atoms with E-state index in [0.717, 1.165) is 19.4 Å². The van der Waals surface area contributed by atoms with Crippen molar-refractivity contribution in [3.8, 4) is 6.07 Å². The van der Waals surface area contributed by atoms with Crippen molar-refractivity contribution < 1.29 is 0 Å². The van der Waals surface area contributed by atoms with Crippen molar-refractivity contribution in [1.29, 1.82) is 5.26 Å². The van der Waals surface area contributed by atoms with E-state index < -0.39 is 0 Å². The first-order valence-electron chi connectivity index (χ1n) is 4.24.